The topological polar surface area (TPSA) is 39.1 Å². The Hall–Kier alpha value is -1.03. The van der Waals surface area contributed by atoms with Gasteiger partial charge in [-0.15, -0.1) is 0 Å². The average Bonchev–Trinajstić information content (AvgIpc) is 2.60. The number of imidazole rings is 1. The summed E-state index contributed by atoms with van der Waals surface area (Å²) in [6.45, 7) is 4.90. The van der Waals surface area contributed by atoms with Crippen LogP contribution < -0.4 is 5.32 Å². The van der Waals surface area contributed by atoms with Crippen LogP contribution >= 0.6 is 0 Å². The van der Waals surface area contributed by atoms with E-state index in [1.165, 1.54) is 19.3 Å². The second kappa shape index (κ2) is 6.05. The quantitative estimate of drug-likeness (QED) is 0.740. The largest absolute Gasteiger partial charge is 0.385 e. The van der Waals surface area contributed by atoms with Crippen LogP contribution in [0.5, 0.6) is 0 Å². The molecule has 0 radical (unpaired) electrons. The molecule has 1 aliphatic carbocycles. The molecular formula is C13H23N3O. The third-order valence-corrected chi connectivity index (χ3v) is 3.38. The molecule has 1 heterocycles. The highest BCUT2D eigenvalue weighted by atomic mass is 16.5. The van der Waals surface area contributed by atoms with Gasteiger partial charge in [0.1, 0.15) is 0 Å². The molecule has 0 aliphatic heterocycles. The minimum Gasteiger partial charge on any atom is -0.385 e. The SMILES string of the molecule is COCCCNc1nc(C)cn1CC1CCC1. The van der Waals surface area contributed by atoms with Gasteiger partial charge in [0, 0.05) is 33.0 Å². The lowest BCUT2D eigenvalue weighted by atomic mass is 9.85. The summed E-state index contributed by atoms with van der Waals surface area (Å²) >= 11 is 0. The number of aryl methyl sites for hydroxylation is 1. The van der Waals surface area contributed by atoms with Crippen molar-refractivity contribution >= 4 is 5.95 Å². The predicted molar refractivity (Wildman–Crippen MR) is 69.3 cm³/mol. The zero-order chi connectivity index (χ0) is 12.1. The molecule has 0 unspecified atom stereocenters. The summed E-state index contributed by atoms with van der Waals surface area (Å²) in [5, 5.41) is 3.39. The van der Waals surface area contributed by atoms with E-state index in [-0.39, 0.29) is 0 Å². The summed E-state index contributed by atoms with van der Waals surface area (Å²) in [6, 6.07) is 0. The standard InChI is InChI=1S/C13H23N3O/c1-11-9-16(10-12-5-3-6-12)13(15-11)14-7-4-8-17-2/h9,12H,3-8,10H2,1-2H3,(H,14,15). The molecule has 1 fully saturated rings. The minimum atomic E-state index is 0.801. The molecule has 0 bridgehead atoms. The number of aromatic nitrogens is 2. The van der Waals surface area contributed by atoms with Crippen molar-refractivity contribution in [2.45, 2.75) is 39.2 Å². The van der Waals surface area contributed by atoms with E-state index in [4.69, 9.17) is 4.74 Å². The Morgan fingerprint density at radius 3 is 3.00 bits per heavy atom. The van der Waals surface area contributed by atoms with Gasteiger partial charge < -0.3 is 14.6 Å². The fourth-order valence-electron chi connectivity index (χ4n) is 2.20. The first-order valence-electron chi connectivity index (χ1n) is 6.56. The van der Waals surface area contributed by atoms with Crippen LogP contribution in [0.2, 0.25) is 0 Å². The van der Waals surface area contributed by atoms with Gasteiger partial charge in [0.25, 0.3) is 0 Å². The summed E-state index contributed by atoms with van der Waals surface area (Å²) in [5.74, 6) is 1.88. The van der Waals surface area contributed by atoms with E-state index < -0.39 is 0 Å². The van der Waals surface area contributed by atoms with Crippen LogP contribution in [0.15, 0.2) is 6.20 Å². The maximum absolute atomic E-state index is 5.04. The molecule has 1 aromatic rings. The third kappa shape index (κ3) is 3.46. The molecule has 4 nitrogen and oxygen atoms in total. The monoisotopic (exact) mass is 237 g/mol. The number of nitrogens with zero attached hydrogens (tertiary/aromatic N) is 2. The van der Waals surface area contributed by atoms with Crippen molar-refractivity contribution in [1.29, 1.82) is 0 Å². The van der Waals surface area contributed by atoms with E-state index in [0.29, 0.717) is 0 Å². The number of nitrogens with one attached hydrogen (secondary N) is 1. The van der Waals surface area contributed by atoms with E-state index in [1.54, 1.807) is 7.11 Å². The summed E-state index contributed by atoms with van der Waals surface area (Å²) in [6.07, 6.45) is 7.32. The highest BCUT2D eigenvalue weighted by Gasteiger charge is 2.19. The summed E-state index contributed by atoms with van der Waals surface area (Å²) in [4.78, 5) is 4.53. The molecular weight excluding hydrogens is 214 g/mol. The molecule has 96 valence electrons. The van der Waals surface area contributed by atoms with Gasteiger partial charge in [-0.2, -0.15) is 0 Å². The first-order chi connectivity index (χ1) is 8.29. The van der Waals surface area contributed by atoms with Crippen molar-refractivity contribution in [2.24, 2.45) is 5.92 Å². The van der Waals surface area contributed by atoms with E-state index in [0.717, 1.165) is 43.7 Å². The lowest BCUT2D eigenvalue weighted by molar-refractivity contribution is 0.197. The van der Waals surface area contributed by atoms with Crippen molar-refractivity contribution in [1.82, 2.24) is 9.55 Å². The van der Waals surface area contributed by atoms with Crippen LogP contribution in [0.4, 0.5) is 5.95 Å². The molecule has 1 saturated carbocycles. The van der Waals surface area contributed by atoms with Gasteiger partial charge in [-0.3, -0.25) is 0 Å². The van der Waals surface area contributed by atoms with Crippen LogP contribution in [0.25, 0.3) is 0 Å². The highest BCUT2D eigenvalue weighted by Crippen LogP contribution is 2.28. The van der Waals surface area contributed by atoms with Crippen molar-refractivity contribution in [3.8, 4) is 0 Å². The van der Waals surface area contributed by atoms with E-state index >= 15 is 0 Å². The lowest BCUT2D eigenvalue weighted by Gasteiger charge is -2.26. The van der Waals surface area contributed by atoms with Gasteiger partial charge >= 0.3 is 0 Å². The number of anilines is 1. The van der Waals surface area contributed by atoms with Gasteiger partial charge in [0.2, 0.25) is 5.95 Å². The smallest absolute Gasteiger partial charge is 0.203 e. The van der Waals surface area contributed by atoms with Crippen LogP contribution in [-0.4, -0.2) is 29.8 Å². The van der Waals surface area contributed by atoms with Crippen molar-refractivity contribution in [3.05, 3.63) is 11.9 Å². The van der Waals surface area contributed by atoms with Crippen molar-refractivity contribution in [3.63, 3.8) is 0 Å². The van der Waals surface area contributed by atoms with Crippen LogP contribution in [0.1, 0.15) is 31.4 Å². The van der Waals surface area contributed by atoms with E-state index in [1.807, 2.05) is 0 Å². The lowest BCUT2D eigenvalue weighted by Crippen LogP contribution is -2.19. The Morgan fingerprint density at radius 1 is 1.53 bits per heavy atom. The normalized spacial score (nSPS) is 15.9. The van der Waals surface area contributed by atoms with Crippen LogP contribution in [-0.2, 0) is 11.3 Å². The third-order valence-electron chi connectivity index (χ3n) is 3.38. The molecule has 4 heteroatoms. The summed E-state index contributed by atoms with van der Waals surface area (Å²) < 4.78 is 7.31. The Kier molecular flexibility index (Phi) is 4.42. The first-order valence-corrected chi connectivity index (χ1v) is 6.56. The fourth-order valence-corrected chi connectivity index (χ4v) is 2.20. The van der Waals surface area contributed by atoms with Crippen LogP contribution in [0, 0.1) is 12.8 Å². The number of hydrogen-bond acceptors (Lipinski definition) is 3. The fraction of sp³-hybridized carbons (Fsp3) is 0.769. The molecule has 0 amide bonds. The zero-order valence-electron chi connectivity index (χ0n) is 10.9. The molecule has 1 N–H and O–H groups in total. The highest BCUT2D eigenvalue weighted by molar-refractivity contribution is 5.28. The second-order valence-electron chi connectivity index (χ2n) is 4.93. The Bertz CT molecular complexity index is 344. The number of ether oxygens (including phenoxy) is 1. The number of methoxy groups -OCH3 is 1. The molecule has 0 saturated heterocycles. The molecule has 0 atom stereocenters. The van der Waals surface area contributed by atoms with Gasteiger partial charge in [-0.25, -0.2) is 4.98 Å². The zero-order valence-corrected chi connectivity index (χ0v) is 10.9. The van der Waals surface area contributed by atoms with Crippen LogP contribution in [0.3, 0.4) is 0 Å². The summed E-state index contributed by atoms with van der Waals surface area (Å²) in [7, 11) is 1.74. The molecule has 1 aromatic heterocycles. The van der Waals surface area contributed by atoms with Crippen molar-refractivity contribution in [2.75, 3.05) is 25.6 Å². The van der Waals surface area contributed by atoms with Gasteiger partial charge in [0.15, 0.2) is 0 Å². The maximum Gasteiger partial charge on any atom is 0.203 e. The average molecular weight is 237 g/mol. The first kappa shape index (κ1) is 12.4. The Morgan fingerprint density at radius 2 is 2.35 bits per heavy atom. The van der Waals surface area contributed by atoms with Crippen molar-refractivity contribution < 1.29 is 4.74 Å². The molecule has 0 spiro atoms. The summed E-state index contributed by atoms with van der Waals surface area (Å²) in [5.41, 5.74) is 1.10. The van der Waals surface area contributed by atoms with Gasteiger partial charge in [-0.05, 0) is 32.1 Å². The molecule has 17 heavy (non-hydrogen) atoms. The molecule has 2 rings (SSSR count). The second-order valence-corrected chi connectivity index (χ2v) is 4.93. The maximum atomic E-state index is 5.04. The minimum absolute atomic E-state index is 0.801. The molecule has 0 aromatic carbocycles. The number of hydrogen-bond donors (Lipinski definition) is 1. The Labute approximate surface area is 103 Å². The number of rotatable bonds is 7. The van der Waals surface area contributed by atoms with Gasteiger partial charge in [-0.1, -0.05) is 6.42 Å². The van der Waals surface area contributed by atoms with E-state index in [2.05, 4.69) is 28.0 Å². The van der Waals surface area contributed by atoms with E-state index in [9.17, 15) is 0 Å². The predicted octanol–water partition coefficient (Wildman–Crippen LogP) is 2.44. The Balaban J connectivity index is 1.85. The van der Waals surface area contributed by atoms with Gasteiger partial charge in [0.05, 0.1) is 5.69 Å². The molecule has 1 aliphatic rings.